The molecule has 0 radical (unpaired) electrons. The van der Waals surface area contributed by atoms with Gasteiger partial charge in [0.2, 0.25) is 0 Å². The molecule has 3 heteroatoms. The zero-order valence-corrected chi connectivity index (χ0v) is 10.9. The summed E-state index contributed by atoms with van der Waals surface area (Å²) in [5.41, 5.74) is 7.56. The van der Waals surface area contributed by atoms with Crippen molar-refractivity contribution in [2.75, 3.05) is 0 Å². The largest absolute Gasteiger partial charge is 0.321 e. The summed E-state index contributed by atoms with van der Waals surface area (Å²) in [5, 5.41) is 0. The lowest BCUT2D eigenvalue weighted by atomic mass is 9.82. The Morgan fingerprint density at radius 2 is 1.68 bits per heavy atom. The molecule has 0 aliphatic heterocycles. The van der Waals surface area contributed by atoms with Crippen molar-refractivity contribution in [1.82, 2.24) is 0 Å². The number of halogens is 2. The molecule has 1 nitrogen and oxygen atoms in total. The van der Waals surface area contributed by atoms with Gasteiger partial charge >= 0.3 is 0 Å². The number of benzene rings is 2. The Labute approximate surface area is 112 Å². The molecule has 0 fully saturated rings. The van der Waals surface area contributed by atoms with Gasteiger partial charge < -0.3 is 5.73 Å². The molecule has 19 heavy (non-hydrogen) atoms. The molecular formula is C16H17F2N. The Bertz CT molecular complexity index is 554. The van der Waals surface area contributed by atoms with Crippen molar-refractivity contribution >= 4 is 0 Å². The quantitative estimate of drug-likeness (QED) is 0.890. The molecular weight excluding hydrogens is 244 g/mol. The third-order valence-corrected chi connectivity index (χ3v) is 3.48. The Morgan fingerprint density at radius 1 is 1.00 bits per heavy atom. The molecule has 2 N–H and O–H groups in total. The maximum absolute atomic E-state index is 13.2. The fourth-order valence-corrected chi connectivity index (χ4v) is 2.22. The number of nitrogens with two attached hydrogens (primary N) is 1. The van der Waals surface area contributed by atoms with Crippen molar-refractivity contribution in [3.8, 4) is 0 Å². The smallest absolute Gasteiger partial charge is 0.159 e. The summed E-state index contributed by atoms with van der Waals surface area (Å²) in [5.74, 6) is -1.66. The Kier molecular flexibility index (Phi) is 3.96. The Balaban J connectivity index is 2.30. The van der Waals surface area contributed by atoms with Gasteiger partial charge in [0.25, 0.3) is 0 Å². The van der Waals surface area contributed by atoms with Gasteiger partial charge in [-0.15, -0.1) is 0 Å². The predicted octanol–water partition coefficient (Wildman–Crippen LogP) is 3.77. The van der Waals surface area contributed by atoms with Gasteiger partial charge in [0.1, 0.15) is 0 Å². The van der Waals surface area contributed by atoms with Gasteiger partial charge in [-0.1, -0.05) is 43.3 Å². The molecule has 0 bridgehead atoms. The van der Waals surface area contributed by atoms with Crippen molar-refractivity contribution in [1.29, 1.82) is 0 Å². The molecule has 1 unspecified atom stereocenters. The highest BCUT2D eigenvalue weighted by Gasteiger charge is 2.25. The summed E-state index contributed by atoms with van der Waals surface area (Å²) in [6, 6.07) is 13.7. The molecule has 0 amide bonds. The van der Waals surface area contributed by atoms with E-state index in [0.717, 1.165) is 18.1 Å². The van der Waals surface area contributed by atoms with Gasteiger partial charge in [0.05, 0.1) is 0 Å². The van der Waals surface area contributed by atoms with E-state index in [1.54, 1.807) is 6.07 Å². The van der Waals surface area contributed by atoms with Crippen LogP contribution in [0.3, 0.4) is 0 Å². The van der Waals surface area contributed by atoms with E-state index >= 15 is 0 Å². The van der Waals surface area contributed by atoms with Gasteiger partial charge in [0.15, 0.2) is 11.6 Å². The van der Waals surface area contributed by atoms with Crippen LogP contribution < -0.4 is 5.73 Å². The van der Waals surface area contributed by atoms with Crippen LogP contribution in [-0.2, 0) is 12.0 Å². The number of hydrogen-bond acceptors (Lipinski definition) is 1. The summed E-state index contributed by atoms with van der Waals surface area (Å²) < 4.78 is 26.2. The summed E-state index contributed by atoms with van der Waals surface area (Å²) in [4.78, 5) is 0. The number of rotatable bonds is 4. The number of hydrogen-bond donors (Lipinski definition) is 1. The van der Waals surface area contributed by atoms with E-state index in [-0.39, 0.29) is 0 Å². The second-order valence-electron chi connectivity index (χ2n) is 4.80. The summed E-state index contributed by atoms with van der Waals surface area (Å²) in [6.45, 7) is 1.99. The molecule has 1 atom stereocenters. The molecule has 0 heterocycles. The van der Waals surface area contributed by atoms with Crippen LogP contribution in [0.2, 0.25) is 0 Å². The molecule has 0 aliphatic rings. The van der Waals surface area contributed by atoms with Gasteiger partial charge in [-0.3, -0.25) is 0 Å². The Morgan fingerprint density at radius 3 is 2.26 bits per heavy atom. The molecule has 0 saturated heterocycles. The lowest BCUT2D eigenvalue weighted by molar-refractivity contribution is 0.422. The second-order valence-corrected chi connectivity index (χ2v) is 4.80. The topological polar surface area (TPSA) is 26.0 Å². The lowest BCUT2D eigenvalue weighted by Gasteiger charge is -2.29. The first-order valence-corrected chi connectivity index (χ1v) is 6.33. The molecule has 2 aromatic rings. The molecule has 0 aliphatic carbocycles. The van der Waals surface area contributed by atoms with Crippen LogP contribution in [0, 0.1) is 11.6 Å². The predicted molar refractivity (Wildman–Crippen MR) is 72.7 cm³/mol. The van der Waals surface area contributed by atoms with E-state index in [2.05, 4.69) is 0 Å². The normalized spacial score (nSPS) is 14.1. The highest BCUT2D eigenvalue weighted by atomic mass is 19.2. The fourth-order valence-electron chi connectivity index (χ4n) is 2.22. The molecule has 100 valence electrons. The highest BCUT2D eigenvalue weighted by molar-refractivity contribution is 5.28. The summed E-state index contributed by atoms with van der Waals surface area (Å²) in [6.07, 6.45) is 1.20. The molecule has 2 aromatic carbocycles. The summed E-state index contributed by atoms with van der Waals surface area (Å²) in [7, 11) is 0. The van der Waals surface area contributed by atoms with Crippen LogP contribution in [0.4, 0.5) is 8.78 Å². The van der Waals surface area contributed by atoms with Crippen LogP contribution in [0.1, 0.15) is 24.5 Å². The van der Waals surface area contributed by atoms with Crippen LogP contribution >= 0.6 is 0 Å². The monoisotopic (exact) mass is 261 g/mol. The van der Waals surface area contributed by atoms with Crippen LogP contribution in [-0.4, -0.2) is 0 Å². The van der Waals surface area contributed by atoms with E-state index in [1.807, 2.05) is 37.3 Å². The average Bonchev–Trinajstić information content (AvgIpc) is 2.44. The van der Waals surface area contributed by atoms with E-state index in [1.165, 1.54) is 6.07 Å². The van der Waals surface area contributed by atoms with Crippen molar-refractivity contribution < 1.29 is 8.78 Å². The van der Waals surface area contributed by atoms with Crippen molar-refractivity contribution in [3.63, 3.8) is 0 Å². The van der Waals surface area contributed by atoms with E-state index in [0.29, 0.717) is 12.0 Å². The van der Waals surface area contributed by atoms with Gasteiger partial charge in [0, 0.05) is 5.54 Å². The van der Waals surface area contributed by atoms with Crippen molar-refractivity contribution in [2.45, 2.75) is 25.3 Å². The maximum Gasteiger partial charge on any atom is 0.159 e. The first-order chi connectivity index (χ1) is 9.05. The van der Waals surface area contributed by atoms with Crippen LogP contribution in [0.5, 0.6) is 0 Å². The lowest BCUT2D eigenvalue weighted by Crippen LogP contribution is -2.38. The van der Waals surface area contributed by atoms with Crippen LogP contribution in [0.25, 0.3) is 0 Å². The Hall–Kier alpha value is -1.74. The third kappa shape index (κ3) is 2.99. The van der Waals surface area contributed by atoms with Crippen molar-refractivity contribution in [3.05, 3.63) is 71.3 Å². The van der Waals surface area contributed by atoms with Gasteiger partial charge in [-0.2, -0.15) is 0 Å². The van der Waals surface area contributed by atoms with Crippen molar-refractivity contribution in [2.24, 2.45) is 5.73 Å². The first kappa shape index (κ1) is 13.7. The standard InChI is InChI=1S/C16H17F2N/c1-2-16(19,13-6-4-3-5-7-13)11-12-8-9-14(17)15(18)10-12/h3-10H,2,11,19H2,1H3. The molecule has 0 spiro atoms. The molecule has 0 saturated carbocycles. The second kappa shape index (κ2) is 5.49. The first-order valence-electron chi connectivity index (χ1n) is 6.33. The van der Waals surface area contributed by atoms with Crippen LogP contribution in [0.15, 0.2) is 48.5 Å². The van der Waals surface area contributed by atoms with E-state index in [4.69, 9.17) is 5.73 Å². The third-order valence-electron chi connectivity index (χ3n) is 3.48. The minimum Gasteiger partial charge on any atom is -0.321 e. The van der Waals surface area contributed by atoms with Gasteiger partial charge in [-0.25, -0.2) is 8.78 Å². The average molecular weight is 261 g/mol. The highest BCUT2D eigenvalue weighted by Crippen LogP contribution is 2.27. The molecule has 2 rings (SSSR count). The minimum absolute atomic E-state index is 0.477. The zero-order chi connectivity index (χ0) is 13.9. The summed E-state index contributed by atoms with van der Waals surface area (Å²) >= 11 is 0. The van der Waals surface area contributed by atoms with E-state index < -0.39 is 17.2 Å². The SMILES string of the molecule is CCC(N)(Cc1ccc(F)c(F)c1)c1ccccc1. The minimum atomic E-state index is -0.831. The fraction of sp³-hybridized carbons (Fsp3) is 0.250. The maximum atomic E-state index is 13.2. The molecule has 0 aromatic heterocycles. The zero-order valence-electron chi connectivity index (χ0n) is 10.9. The van der Waals surface area contributed by atoms with E-state index in [9.17, 15) is 8.78 Å². The van der Waals surface area contributed by atoms with Gasteiger partial charge in [-0.05, 0) is 36.1 Å².